The molecular weight excluding hydrogens is 278 g/mol. The Balaban J connectivity index is 1.85. The van der Waals surface area contributed by atoms with Crippen molar-refractivity contribution in [2.75, 3.05) is 19.5 Å². The minimum Gasteiger partial charge on any atom is -0.493 e. The Hall–Kier alpha value is -2.04. The van der Waals surface area contributed by atoms with Crippen LogP contribution >= 0.6 is 0 Å². The van der Waals surface area contributed by atoms with Crippen molar-refractivity contribution in [2.24, 2.45) is 5.92 Å². The first-order valence-electron chi connectivity index (χ1n) is 7.85. The van der Waals surface area contributed by atoms with Gasteiger partial charge in [-0.15, -0.1) is 0 Å². The van der Waals surface area contributed by atoms with E-state index in [2.05, 4.69) is 22.2 Å². The van der Waals surface area contributed by atoms with E-state index in [-0.39, 0.29) is 0 Å². The van der Waals surface area contributed by atoms with Gasteiger partial charge in [-0.05, 0) is 18.8 Å². The summed E-state index contributed by atoms with van der Waals surface area (Å²) in [5.74, 6) is 2.96. The predicted molar refractivity (Wildman–Crippen MR) is 87.7 cm³/mol. The number of benzene rings is 1. The molecule has 2 aromatic rings. The highest BCUT2D eigenvalue weighted by Crippen LogP contribution is 2.31. The number of nitrogens with zero attached hydrogens (tertiary/aromatic N) is 2. The van der Waals surface area contributed by atoms with Crippen molar-refractivity contribution in [1.82, 2.24) is 9.97 Å². The van der Waals surface area contributed by atoms with Crippen LogP contribution in [0.15, 0.2) is 18.3 Å². The third-order valence-corrected chi connectivity index (χ3v) is 4.34. The van der Waals surface area contributed by atoms with E-state index in [1.807, 2.05) is 12.1 Å². The summed E-state index contributed by atoms with van der Waals surface area (Å²) in [6.45, 7) is 2.32. The van der Waals surface area contributed by atoms with Crippen molar-refractivity contribution in [1.29, 1.82) is 0 Å². The number of hydrogen-bond donors (Lipinski definition) is 1. The lowest BCUT2D eigenvalue weighted by molar-refractivity contribution is 0.355. The molecule has 1 heterocycles. The highest BCUT2D eigenvalue weighted by Gasteiger charge is 2.19. The lowest BCUT2D eigenvalue weighted by Crippen LogP contribution is -2.26. The van der Waals surface area contributed by atoms with E-state index in [9.17, 15) is 0 Å². The van der Waals surface area contributed by atoms with Crippen LogP contribution in [-0.2, 0) is 0 Å². The summed E-state index contributed by atoms with van der Waals surface area (Å²) in [5, 5.41) is 3.52. The third kappa shape index (κ3) is 3.08. The molecule has 1 aliphatic carbocycles. The maximum absolute atomic E-state index is 5.34. The van der Waals surface area contributed by atoms with Gasteiger partial charge in [0, 0.05) is 18.2 Å². The van der Waals surface area contributed by atoms with Gasteiger partial charge in [-0.2, -0.15) is 0 Å². The lowest BCUT2D eigenvalue weighted by atomic mass is 9.87. The van der Waals surface area contributed by atoms with Crippen molar-refractivity contribution in [3.63, 3.8) is 0 Å². The van der Waals surface area contributed by atoms with Crippen molar-refractivity contribution in [3.05, 3.63) is 18.3 Å². The number of hydrogen-bond acceptors (Lipinski definition) is 5. The Morgan fingerprint density at radius 3 is 2.50 bits per heavy atom. The maximum Gasteiger partial charge on any atom is 0.163 e. The summed E-state index contributed by atoms with van der Waals surface area (Å²) in [6.07, 6.45) is 6.82. The minimum absolute atomic E-state index is 0.496. The van der Waals surface area contributed by atoms with E-state index >= 15 is 0 Å². The van der Waals surface area contributed by atoms with Crippen LogP contribution in [0.25, 0.3) is 11.0 Å². The number of nitrogens with one attached hydrogen (secondary N) is 1. The number of anilines is 1. The topological polar surface area (TPSA) is 56.3 Å². The number of methoxy groups -OCH3 is 2. The molecule has 3 rings (SSSR count). The molecule has 1 fully saturated rings. The standard InChI is InChI=1S/C17H23N3O2/c1-11-5-4-6-12(7-11)19-17-10-18-13-8-15(21-2)16(22-3)9-14(13)20-17/h8-12H,4-7H2,1-3H3,(H,19,20). The van der Waals surface area contributed by atoms with Gasteiger partial charge in [0.1, 0.15) is 5.82 Å². The van der Waals surface area contributed by atoms with Gasteiger partial charge in [0.05, 0.1) is 31.4 Å². The second kappa shape index (κ2) is 6.38. The number of aromatic nitrogens is 2. The summed E-state index contributed by atoms with van der Waals surface area (Å²) in [4.78, 5) is 9.16. The monoisotopic (exact) mass is 301 g/mol. The molecule has 0 bridgehead atoms. The number of rotatable bonds is 4. The van der Waals surface area contributed by atoms with E-state index < -0.39 is 0 Å². The fourth-order valence-electron chi connectivity index (χ4n) is 3.18. The first kappa shape index (κ1) is 14.9. The first-order valence-corrected chi connectivity index (χ1v) is 7.85. The minimum atomic E-state index is 0.496. The summed E-state index contributed by atoms with van der Waals surface area (Å²) in [7, 11) is 3.25. The smallest absolute Gasteiger partial charge is 0.163 e. The van der Waals surface area contributed by atoms with Crippen molar-refractivity contribution < 1.29 is 9.47 Å². The molecule has 1 aliphatic rings. The second-order valence-corrected chi connectivity index (χ2v) is 6.06. The van der Waals surface area contributed by atoms with Crippen LogP contribution in [0.4, 0.5) is 5.82 Å². The summed E-state index contributed by atoms with van der Waals surface area (Å²) in [5.41, 5.74) is 1.62. The molecule has 0 aliphatic heterocycles. The summed E-state index contributed by atoms with van der Waals surface area (Å²) < 4.78 is 10.6. The zero-order valence-corrected chi connectivity index (χ0v) is 13.4. The normalized spacial score (nSPS) is 21.6. The fourth-order valence-corrected chi connectivity index (χ4v) is 3.18. The van der Waals surface area contributed by atoms with Gasteiger partial charge in [0.25, 0.3) is 0 Å². The van der Waals surface area contributed by atoms with Crippen LogP contribution in [0, 0.1) is 5.92 Å². The van der Waals surface area contributed by atoms with Crippen LogP contribution < -0.4 is 14.8 Å². The van der Waals surface area contributed by atoms with Crippen molar-refractivity contribution in [2.45, 2.75) is 38.6 Å². The van der Waals surface area contributed by atoms with Crippen LogP contribution in [0.1, 0.15) is 32.6 Å². The van der Waals surface area contributed by atoms with E-state index in [1.165, 1.54) is 25.7 Å². The SMILES string of the molecule is COc1cc2ncc(NC3CCCC(C)C3)nc2cc1OC. The van der Waals surface area contributed by atoms with Gasteiger partial charge in [-0.3, -0.25) is 4.98 Å². The number of ether oxygens (including phenoxy) is 2. The molecule has 1 aromatic heterocycles. The zero-order valence-electron chi connectivity index (χ0n) is 13.4. The first-order chi connectivity index (χ1) is 10.7. The van der Waals surface area contributed by atoms with Gasteiger partial charge in [0.15, 0.2) is 11.5 Å². The van der Waals surface area contributed by atoms with E-state index in [1.54, 1.807) is 20.4 Å². The Labute approximate surface area is 131 Å². The molecule has 0 spiro atoms. The molecule has 2 atom stereocenters. The summed E-state index contributed by atoms with van der Waals surface area (Å²) in [6, 6.07) is 4.22. The summed E-state index contributed by atoms with van der Waals surface area (Å²) >= 11 is 0. The Bertz CT molecular complexity index is 660. The highest BCUT2D eigenvalue weighted by molar-refractivity contribution is 5.80. The highest BCUT2D eigenvalue weighted by atomic mass is 16.5. The molecule has 118 valence electrons. The fraction of sp³-hybridized carbons (Fsp3) is 0.529. The molecule has 0 radical (unpaired) electrons. The van der Waals surface area contributed by atoms with Crippen LogP contribution in [0.5, 0.6) is 11.5 Å². The van der Waals surface area contributed by atoms with E-state index in [4.69, 9.17) is 9.47 Å². The van der Waals surface area contributed by atoms with Crippen LogP contribution in [0.3, 0.4) is 0 Å². The van der Waals surface area contributed by atoms with E-state index in [0.29, 0.717) is 17.5 Å². The van der Waals surface area contributed by atoms with Gasteiger partial charge in [-0.1, -0.05) is 19.8 Å². The quantitative estimate of drug-likeness (QED) is 0.934. The average molecular weight is 301 g/mol. The molecule has 22 heavy (non-hydrogen) atoms. The molecule has 2 unspecified atom stereocenters. The van der Waals surface area contributed by atoms with Gasteiger partial charge in [0.2, 0.25) is 0 Å². The molecule has 1 saturated carbocycles. The molecular formula is C17H23N3O2. The molecule has 0 amide bonds. The van der Waals surface area contributed by atoms with Gasteiger partial charge < -0.3 is 14.8 Å². The zero-order chi connectivity index (χ0) is 15.5. The Kier molecular flexibility index (Phi) is 4.32. The lowest BCUT2D eigenvalue weighted by Gasteiger charge is -2.27. The van der Waals surface area contributed by atoms with Crippen LogP contribution in [-0.4, -0.2) is 30.2 Å². The van der Waals surface area contributed by atoms with Gasteiger partial charge >= 0.3 is 0 Å². The average Bonchev–Trinajstić information content (AvgIpc) is 2.53. The third-order valence-electron chi connectivity index (χ3n) is 4.34. The van der Waals surface area contributed by atoms with Crippen molar-refractivity contribution in [3.8, 4) is 11.5 Å². The predicted octanol–water partition coefficient (Wildman–Crippen LogP) is 3.64. The second-order valence-electron chi connectivity index (χ2n) is 6.06. The molecule has 1 N–H and O–H groups in total. The van der Waals surface area contributed by atoms with Crippen molar-refractivity contribution >= 4 is 16.9 Å². The molecule has 5 nitrogen and oxygen atoms in total. The molecule has 5 heteroatoms. The maximum atomic E-state index is 5.34. The largest absolute Gasteiger partial charge is 0.493 e. The Morgan fingerprint density at radius 1 is 1.09 bits per heavy atom. The molecule has 0 saturated heterocycles. The molecule has 1 aromatic carbocycles. The Morgan fingerprint density at radius 2 is 1.82 bits per heavy atom. The van der Waals surface area contributed by atoms with Crippen LogP contribution in [0.2, 0.25) is 0 Å². The van der Waals surface area contributed by atoms with Gasteiger partial charge in [-0.25, -0.2) is 4.98 Å². The van der Waals surface area contributed by atoms with E-state index in [0.717, 1.165) is 22.8 Å². The number of fused-ring (bicyclic) bond motifs is 1.